The lowest BCUT2D eigenvalue weighted by atomic mass is 9.96. The zero-order valence-electron chi connectivity index (χ0n) is 8.60. The van der Waals surface area contributed by atoms with E-state index >= 15 is 0 Å². The van der Waals surface area contributed by atoms with E-state index < -0.39 is 0 Å². The molecule has 0 bridgehead atoms. The van der Waals surface area contributed by atoms with Crippen LogP contribution in [0.1, 0.15) is 27.2 Å². The van der Waals surface area contributed by atoms with Crippen LogP contribution in [0.25, 0.3) is 0 Å². The normalized spacial score (nSPS) is 22.2. The molecule has 0 saturated carbocycles. The SMILES string of the molecule is CC(C)(C)CN1CCCOCC1. The molecular weight excluding hydrogens is 150 g/mol. The van der Waals surface area contributed by atoms with Crippen LogP contribution in [0.4, 0.5) is 0 Å². The average molecular weight is 171 g/mol. The first-order chi connectivity index (χ1) is 5.58. The lowest BCUT2D eigenvalue weighted by Crippen LogP contribution is -2.34. The van der Waals surface area contributed by atoms with Crippen molar-refractivity contribution < 1.29 is 4.74 Å². The Morgan fingerprint density at radius 2 is 1.92 bits per heavy atom. The number of hydrogen-bond donors (Lipinski definition) is 0. The van der Waals surface area contributed by atoms with E-state index in [1.807, 2.05) is 0 Å². The highest BCUT2D eigenvalue weighted by atomic mass is 16.5. The molecular formula is C10H21NO. The highest BCUT2D eigenvalue weighted by Gasteiger charge is 2.17. The zero-order chi connectivity index (χ0) is 9.03. The van der Waals surface area contributed by atoms with E-state index in [4.69, 9.17) is 4.74 Å². The predicted molar refractivity (Wildman–Crippen MR) is 51.3 cm³/mol. The molecule has 0 atom stereocenters. The molecule has 0 radical (unpaired) electrons. The summed E-state index contributed by atoms with van der Waals surface area (Å²) in [6.45, 7) is 12.2. The summed E-state index contributed by atoms with van der Waals surface area (Å²) in [4.78, 5) is 2.51. The van der Waals surface area contributed by atoms with E-state index in [0.29, 0.717) is 5.41 Å². The summed E-state index contributed by atoms with van der Waals surface area (Å²) in [5.74, 6) is 0. The molecule has 0 aromatic heterocycles. The van der Waals surface area contributed by atoms with Gasteiger partial charge in [0.1, 0.15) is 0 Å². The molecule has 2 heteroatoms. The topological polar surface area (TPSA) is 12.5 Å². The van der Waals surface area contributed by atoms with Gasteiger partial charge in [-0.1, -0.05) is 20.8 Å². The highest BCUT2D eigenvalue weighted by Crippen LogP contribution is 2.15. The van der Waals surface area contributed by atoms with Gasteiger partial charge in [0, 0.05) is 26.2 Å². The Morgan fingerprint density at radius 3 is 2.58 bits per heavy atom. The summed E-state index contributed by atoms with van der Waals surface area (Å²) < 4.78 is 5.40. The van der Waals surface area contributed by atoms with Crippen LogP contribution in [-0.2, 0) is 4.74 Å². The lowest BCUT2D eigenvalue weighted by molar-refractivity contribution is 0.133. The number of ether oxygens (including phenoxy) is 1. The summed E-state index contributed by atoms with van der Waals surface area (Å²) in [5, 5.41) is 0. The first-order valence-electron chi connectivity index (χ1n) is 4.88. The third kappa shape index (κ3) is 4.07. The molecule has 12 heavy (non-hydrogen) atoms. The van der Waals surface area contributed by atoms with Crippen molar-refractivity contribution in [3.8, 4) is 0 Å². The van der Waals surface area contributed by atoms with Gasteiger partial charge >= 0.3 is 0 Å². The summed E-state index contributed by atoms with van der Waals surface area (Å²) >= 11 is 0. The molecule has 1 rings (SSSR count). The summed E-state index contributed by atoms with van der Waals surface area (Å²) in [5.41, 5.74) is 0.421. The van der Waals surface area contributed by atoms with Crippen molar-refractivity contribution in [2.24, 2.45) is 5.41 Å². The van der Waals surface area contributed by atoms with Gasteiger partial charge in [-0.25, -0.2) is 0 Å². The Hall–Kier alpha value is -0.0800. The third-order valence-corrected chi connectivity index (χ3v) is 2.01. The Balaban J connectivity index is 2.30. The molecule has 1 fully saturated rings. The van der Waals surface area contributed by atoms with Crippen molar-refractivity contribution in [1.29, 1.82) is 0 Å². The fraction of sp³-hybridized carbons (Fsp3) is 1.00. The van der Waals surface area contributed by atoms with Crippen LogP contribution in [0.2, 0.25) is 0 Å². The maximum absolute atomic E-state index is 5.40. The van der Waals surface area contributed by atoms with Crippen LogP contribution >= 0.6 is 0 Å². The Labute approximate surface area is 75.9 Å². The quantitative estimate of drug-likeness (QED) is 0.596. The number of hydrogen-bond acceptors (Lipinski definition) is 2. The second-order valence-electron chi connectivity index (χ2n) is 4.80. The van der Waals surface area contributed by atoms with Gasteiger partial charge in [0.25, 0.3) is 0 Å². The van der Waals surface area contributed by atoms with Gasteiger partial charge in [-0.05, 0) is 11.8 Å². The van der Waals surface area contributed by atoms with Gasteiger partial charge in [-0.2, -0.15) is 0 Å². The lowest BCUT2D eigenvalue weighted by Gasteiger charge is -2.28. The van der Waals surface area contributed by atoms with E-state index in [1.165, 1.54) is 19.5 Å². The van der Waals surface area contributed by atoms with Crippen LogP contribution in [-0.4, -0.2) is 37.7 Å². The van der Waals surface area contributed by atoms with Gasteiger partial charge in [-0.3, -0.25) is 0 Å². The minimum Gasteiger partial charge on any atom is -0.380 e. The Bertz CT molecular complexity index is 120. The molecule has 0 N–H and O–H groups in total. The van der Waals surface area contributed by atoms with Crippen LogP contribution in [0.5, 0.6) is 0 Å². The molecule has 2 nitrogen and oxygen atoms in total. The molecule has 1 aliphatic rings. The molecule has 0 aliphatic carbocycles. The van der Waals surface area contributed by atoms with Gasteiger partial charge in [0.2, 0.25) is 0 Å². The maximum atomic E-state index is 5.40. The first-order valence-corrected chi connectivity index (χ1v) is 4.88. The predicted octanol–water partition coefficient (Wildman–Crippen LogP) is 1.75. The van der Waals surface area contributed by atoms with Gasteiger partial charge < -0.3 is 9.64 Å². The molecule has 0 aromatic carbocycles. The second kappa shape index (κ2) is 4.24. The van der Waals surface area contributed by atoms with E-state index in [1.54, 1.807) is 0 Å². The Morgan fingerprint density at radius 1 is 1.17 bits per heavy atom. The van der Waals surface area contributed by atoms with Crippen molar-refractivity contribution in [1.82, 2.24) is 4.90 Å². The molecule has 1 saturated heterocycles. The van der Waals surface area contributed by atoms with Crippen LogP contribution in [0.3, 0.4) is 0 Å². The Kier molecular flexibility index (Phi) is 3.53. The van der Waals surface area contributed by atoms with Gasteiger partial charge in [0.15, 0.2) is 0 Å². The number of nitrogens with zero attached hydrogens (tertiary/aromatic N) is 1. The standard InChI is InChI=1S/C10H21NO/c1-10(2,3)9-11-5-4-7-12-8-6-11/h4-9H2,1-3H3. The van der Waals surface area contributed by atoms with Crippen LogP contribution in [0, 0.1) is 5.41 Å². The van der Waals surface area contributed by atoms with Crippen LogP contribution < -0.4 is 0 Å². The molecule has 0 amide bonds. The first kappa shape index (κ1) is 10.0. The van der Waals surface area contributed by atoms with Crippen LogP contribution in [0.15, 0.2) is 0 Å². The second-order valence-corrected chi connectivity index (χ2v) is 4.80. The zero-order valence-corrected chi connectivity index (χ0v) is 8.60. The summed E-state index contributed by atoms with van der Waals surface area (Å²) in [6.07, 6.45) is 1.19. The van der Waals surface area contributed by atoms with Crippen molar-refractivity contribution in [3.63, 3.8) is 0 Å². The minimum atomic E-state index is 0.421. The number of rotatable bonds is 1. The fourth-order valence-electron chi connectivity index (χ4n) is 1.63. The highest BCUT2D eigenvalue weighted by molar-refractivity contribution is 4.70. The van der Waals surface area contributed by atoms with E-state index in [2.05, 4.69) is 25.7 Å². The molecule has 0 aromatic rings. The summed E-state index contributed by atoms with van der Waals surface area (Å²) in [7, 11) is 0. The largest absolute Gasteiger partial charge is 0.380 e. The molecule has 0 spiro atoms. The maximum Gasteiger partial charge on any atom is 0.0593 e. The van der Waals surface area contributed by atoms with Gasteiger partial charge in [0.05, 0.1) is 6.61 Å². The smallest absolute Gasteiger partial charge is 0.0593 e. The fourth-order valence-corrected chi connectivity index (χ4v) is 1.63. The molecule has 1 heterocycles. The molecule has 0 unspecified atom stereocenters. The summed E-state index contributed by atoms with van der Waals surface area (Å²) in [6, 6.07) is 0. The van der Waals surface area contributed by atoms with Crippen molar-refractivity contribution in [2.45, 2.75) is 27.2 Å². The van der Waals surface area contributed by atoms with E-state index in [-0.39, 0.29) is 0 Å². The molecule has 72 valence electrons. The average Bonchev–Trinajstić information content (AvgIpc) is 2.12. The van der Waals surface area contributed by atoms with Crippen molar-refractivity contribution in [2.75, 3.05) is 32.8 Å². The van der Waals surface area contributed by atoms with E-state index in [0.717, 1.165) is 19.8 Å². The third-order valence-electron chi connectivity index (χ3n) is 2.01. The monoisotopic (exact) mass is 171 g/mol. The van der Waals surface area contributed by atoms with E-state index in [9.17, 15) is 0 Å². The minimum absolute atomic E-state index is 0.421. The van der Waals surface area contributed by atoms with Crippen molar-refractivity contribution >= 4 is 0 Å². The van der Waals surface area contributed by atoms with Gasteiger partial charge in [-0.15, -0.1) is 0 Å². The molecule has 1 aliphatic heterocycles. The van der Waals surface area contributed by atoms with Crippen molar-refractivity contribution in [3.05, 3.63) is 0 Å².